The Morgan fingerprint density at radius 3 is 2.15 bits per heavy atom. The van der Waals surface area contributed by atoms with Crippen LogP contribution in [0.5, 0.6) is 0 Å². The van der Waals surface area contributed by atoms with Crippen LogP contribution in [0.2, 0.25) is 0 Å². The fourth-order valence-corrected chi connectivity index (χ4v) is 4.68. The first kappa shape index (κ1) is 31.0. The molecule has 2 aliphatic carbocycles. The summed E-state index contributed by atoms with van der Waals surface area (Å²) in [6.45, 7) is 12.7. The molecule has 0 radical (unpaired) electrons. The van der Waals surface area contributed by atoms with Crippen molar-refractivity contribution in [1.82, 2.24) is 10.6 Å². The van der Waals surface area contributed by atoms with E-state index in [0.29, 0.717) is 30.6 Å². The fourth-order valence-electron chi connectivity index (χ4n) is 4.68. The van der Waals surface area contributed by atoms with E-state index >= 15 is 0 Å². The number of ether oxygens (including phenoxy) is 1. The number of carbonyl (C=O) groups excluding carboxylic acids is 1. The number of halogens is 2. The summed E-state index contributed by atoms with van der Waals surface area (Å²) in [4.78, 5) is 12.5. The number of hydrogen-bond acceptors (Lipinski definition) is 4. The molecule has 1 aromatic rings. The van der Waals surface area contributed by atoms with Crippen LogP contribution in [0.15, 0.2) is 35.9 Å². The highest BCUT2D eigenvalue weighted by Crippen LogP contribution is 2.40. The van der Waals surface area contributed by atoms with Crippen LogP contribution < -0.4 is 10.6 Å². The van der Waals surface area contributed by atoms with Crippen LogP contribution in [0.25, 0.3) is 6.08 Å². The standard InChI is InChI=1S/C28H44N2O2.2ClH/c1-7-21(17-20-11-9-8-10-12-20)24-18-25(24)30-23-15-13-22(14-16-23)29-19-28(5,6)26(31)32-27(2,3)4;;/h8-12,17,22-25,29-30H,7,13-16,18-19H2,1-6H3;2*1H/b21-17+;;/t22-,23+,24?,25?;;. The minimum absolute atomic E-state index is 0. The van der Waals surface area contributed by atoms with Crippen LogP contribution in [0.1, 0.15) is 85.6 Å². The first-order chi connectivity index (χ1) is 15.1. The van der Waals surface area contributed by atoms with E-state index in [1.807, 2.05) is 34.6 Å². The monoisotopic (exact) mass is 512 g/mol. The van der Waals surface area contributed by atoms with Gasteiger partial charge in [0.05, 0.1) is 5.41 Å². The Morgan fingerprint density at radius 1 is 1.00 bits per heavy atom. The Balaban J connectivity index is 0.00000289. The molecule has 34 heavy (non-hydrogen) atoms. The SMILES string of the molecule is CC/C(=C\c1ccccc1)C1CC1N[C@H]1CC[C@@H](NCC(C)(C)C(=O)OC(C)(C)C)CC1.Cl.Cl. The van der Waals surface area contributed by atoms with Crippen molar-refractivity contribution in [2.45, 2.75) is 104 Å². The van der Waals surface area contributed by atoms with E-state index in [2.05, 4.69) is 54.0 Å². The van der Waals surface area contributed by atoms with Crippen LogP contribution in [-0.4, -0.2) is 36.2 Å². The molecule has 0 amide bonds. The molecule has 0 aliphatic heterocycles. The highest BCUT2D eigenvalue weighted by atomic mass is 35.5. The molecule has 194 valence electrons. The number of carbonyl (C=O) groups is 1. The Morgan fingerprint density at radius 2 is 1.59 bits per heavy atom. The van der Waals surface area contributed by atoms with Crippen LogP contribution in [-0.2, 0) is 9.53 Å². The number of esters is 1. The number of nitrogens with one attached hydrogen (secondary N) is 2. The van der Waals surface area contributed by atoms with Crippen molar-refractivity contribution in [3.8, 4) is 0 Å². The summed E-state index contributed by atoms with van der Waals surface area (Å²) < 4.78 is 5.59. The summed E-state index contributed by atoms with van der Waals surface area (Å²) in [7, 11) is 0. The van der Waals surface area contributed by atoms with E-state index in [1.54, 1.807) is 5.57 Å². The lowest BCUT2D eigenvalue weighted by atomic mass is 9.88. The predicted molar refractivity (Wildman–Crippen MR) is 148 cm³/mol. The van der Waals surface area contributed by atoms with E-state index in [4.69, 9.17) is 4.74 Å². The molecule has 2 atom stereocenters. The lowest BCUT2D eigenvalue weighted by Crippen LogP contribution is -2.46. The second-order valence-electron chi connectivity index (χ2n) is 11.4. The zero-order valence-electron chi connectivity index (χ0n) is 21.9. The van der Waals surface area contributed by atoms with Gasteiger partial charge in [-0.25, -0.2) is 0 Å². The van der Waals surface area contributed by atoms with Crippen molar-refractivity contribution < 1.29 is 9.53 Å². The van der Waals surface area contributed by atoms with Crippen LogP contribution in [0, 0.1) is 11.3 Å². The molecule has 1 aromatic carbocycles. The minimum Gasteiger partial charge on any atom is -0.460 e. The molecule has 3 rings (SSSR count). The maximum absolute atomic E-state index is 12.5. The lowest BCUT2D eigenvalue weighted by Gasteiger charge is -2.33. The van der Waals surface area contributed by atoms with Gasteiger partial charge < -0.3 is 15.4 Å². The summed E-state index contributed by atoms with van der Waals surface area (Å²) in [6, 6.07) is 12.5. The number of rotatable bonds is 9. The van der Waals surface area contributed by atoms with Crippen molar-refractivity contribution in [2.24, 2.45) is 11.3 Å². The average molecular weight is 514 g/mol. The number of benzene rings is 1. The van der Waals surface area contributed by atoms with Gasteiger partial charge in [0.15, 0.2) is 0 Å². The van der Waals surface area contributed by atoms with Crippen LogP contribution >= 0.6 is 24.8 Å². The quantitative estimate of drug-likeness (QED) is 0.367. The third kappa shape index (κ3) is 9.53. The fraction of sp³-hybridized carbons (Fsp3) is 0.679. The Bertz CT molecular complexity index is 781. The summed E-state index contributed by atoms with van der Waals surface area (Å²) in [5.74, 6) is 0.577. The topological polar surface area (TPSA) is 50.4 Å². The van der Waals surface area contributed by atoms with Gasteiger partial charge in [0.25, 0.3) is 0 Å². The molecule has 2 N–H and O–H groups in total. The summed E-state index contributed by atoms with van der Waals surface area (Å²) in [5, 5.41) is 7.58. The van der Waals surface area contributed by atoms with Gasteiger partial charge in [0.2, 0.25) is 0 Å². The van der Waals surface area contributed by atoms with E-state index < -0.39 is 11.0 Å². The largest absolute Gasteiger partial charge is 0.460 e. The van der Waals surface area contributed by atoms with Crippen molar-refractivity contribution in [3.63, 3.8) is 0 Å². The molecule has 4 nitrogen and oxygen atoms in total. The Labute approximate surface area is 219 Å². The molecule has 2 aliphatic rings. The maximum atomic E-state index is 12.5. The lowest BCUT2D eigenvalue weighted by molar-refractivity contribution is -0.165. The van der Waals surface area contributed by atoms with Gasteiger partial charge in [-0.1, -0.05) is 48.9 Å². The zero-order valence-corrected chi connectivity index (χ0v) is 23.5. The highest BCUT2D eigenvalue weighted by Gasteiger charge is 2.40. The molecular weight excluding hydrogens is 467 g/mol. The van der Waals surface area contributed by atoms with Crippen molar-refractivity contribution in [1.29, 1.82) is 0 Å². The Kier molecular flexibility index (Phi) is 12.1. The highest BCUT2D eigenvalue weighted by molar-refractivity contribution is 5.85. The third-order valence-electron chi connectivity index (χ3n) is 6.79. The van der Waals surface area contributed by atoms with Crippen molar-refractivity contribution >= 4 is 36.9 Å². The van der Waals surface area contributed by atoms with E-state index in [1.165, 1.54) is 37.7 Å². The number of hydrogen-bond donors (Lipinski definition) is 2. The minimum atomic E-state index is -0.509. The molecule has 0 spiro atoms. The third-order valence-corrected chi connectivity index (χ3v) is 6.79. The molecule has 2 unspecified atom stereocenters. The first-order valence-electron chi connectivity index (χ1n) is 12.6. The normalized spacial score (nSPS) is 25.1. The maximum Gasteiger partial charge on any atom is 0.313 e. The van der Waals surface area contributed by atoms with Crippen molar-refractivity contribution in [3.05, 3.63) is 41.5 Å². The van der Waals surface area contributed by atoms with E-state index in [-0.39, 0.29) is 30.8 Å². The van der Waals surface area contributed by atoms with Crippen LogP contribution in [0.3, 0.4) is 0 Å². The smallest absolute Gasteiger partial charge is 0.313 e. The second kappa shape index (κ2) is 13.3. The van der Waals surface area contributed by atoms with Gasteiger partial charge in [-0.2, -0.15) is 0 Å². The van der Waals surface area contributed by atoms with E-state index in [0.717, 1.165) is 6.42 Å². The molecule has 0 heterocycles. The summed E-state index contributed by atoms with van der Waals surface area (Å²) in [6.07, 6.45) is 9.53. The molecule has 6 heteroatoms. The second-order valence-corrected chi connectivity index (χ2v) is 11.4. The van der Waals surface area contributed by atoms with Crippen LogP contribution in [0.4, 0.5) is 0 Å². The van der Waals surface area contributed by atoms with Gasteiger partial charge in [-0.05, 0) is 84.6 Å². The molecule has 0 aromatic heterocycles. The summed E-state index contributed by atoms with van der Waals surface area (Å²) in [5.41, 5.74) is 1.95. The van der Waals surface area contributed by atoms with Gasteiger partial charge >= 0.3 is 5.97 Å². The summed E-state index contributed by atoms with van der Waals surface area (Å²) >= 11 is 0. The first-order valence-corrected chi connectivity index (χ1v) is 12.6. The average Bonchev–Trinajstić information content (AvgIpc) is 3.50. The predicted octanol–water partition coefficient (Wildman–Crippen LogP) is 6.57. The van der Waals surface area contributed by atoms with Gasteiger partial charge in [0, 0.05) is 24.7 Å². The Hall–Kier alpha value is -1.07. The van der Waals surface area contributed by atoms with Gasteiger partial charge in [-0.3, -0.25) is 4.79 Å². The van der Waals surface area contributed by atoms with Gasteiger partial charge in [-0.15, -0.1) is 24.8 Å². The van der Waals surface area contributed by atoms with Crippen molar-refractivity contribution in [2.75, 3.05) is 6.54 Å². The molecule has 0 bridgehead atoms. The molecule has 0 saturated heterocycles. The molecule has 2 saturated carbocycles. The zero-order chi connectivity index (χ0) is 23.4. The van der Waals surface area contributed by atoms with Gasteiger partial charge in [0.1, 0.15) is 5.60 Å². The molecule has 2 fully saturated rings. The molecular formula is C28H46Cl2N2O2. The van der Waals surface area contributed by atoms with E-state index in [9.17, 15) is 4.79 Å².